The second-order valence-corrected chi connectivity index (χ2v) is 4.84. The predicted octanol–water partition coefficient (Wildman–Crippen LogP) is 4.02. The molecule has 0 amide bonds. The van der Waals surface area contributed by atoms with Gasteiger partial charge in [-0.15, -0.1) is 0 Å². The molecule has 0 aromatic heterocycles. The lowest BCUT2D eigenvalue weighted by atomic mass is 10.2. The Morgan fingerprint density at radius 3 is 2.65 bits per heavy atom. The Kier molecular flexibility index (Phi) is 5.55. The van der Waals surface area contributed by atoms with Gasteiger partial charge >= 0.3 is 0 Å². The average Bonchev–Trinajstić information content (AvgIpc) is 2.45. The third-order valence-corrected chi connectivity index (χ3v) is 2.88. The van der Waals surface area contributed by atoms with Gasteiger partial charge < -0.3 is 9.57 Å². The molecule has 0 saturated heterocycles. The van der Waals surface area contributed by atoms with Crippen molar-refractivity contribution in [3.8, 4) is 5.75 Å². The highest BCUT2D eigenvalue weighted by molar-refractivity contribution is 9.10. The summed E-state index contributed by atoms with van der Waals surface area (Å²) in [5.74, 6) is 0.496. The Morgan fingerprint density at radius 1 is 1.10 bits per heavy atom. The smallest absolute Gasteiger partial charge is 0.151 e. The monoisotopic (exact) mass is 337 g/mol. The highest BCUT2D eigenvalue weighted by Gasteiger charge is 1.94. The molecule has 0 atom stereocenters. The van der Waals surface area contributed by atoms with Crippen LogP contribution in [-0.4, -0.2) is 19.4 Å². The first-order valence-electron chi connectivity index (χ1n) is 6.03. The minimum Gasteiger partial charge on any atom is -0.490 e. The van der Waals surface area contributed by atoms with Crippen LogP contribution in [0.1, 0.15) is 5.56 Å². The van der Waals surface area contributed by atoms with E-state index in [0.29, 0.717) is 13.2 Å². The molecule has 2 rings (SSSR count). The summed E-state index contributed by atoms with van der Waals surface area (Å²) in [7, 11) is 0. The van der Waals surface area contributed by atoms with E-state index in [0.717, 1.165) is 15.8 Å². The van der Waals surface area contributed by atoms with Crippen molar-refractivity contribution in [1.82, 2.24) is 0 Å². The summed E-state index contributed by atoms with van der Waals surface area (Å²) < 4.78 is 19.1. The molecule has 0 bridgehead atoms. The molecule has 0 saturated carbocycles. The van der Waals surface area contributed by atoms with Crippen LogP contribution in [0.25, 0.3) is 0 Å². The lowest BCUT2D eigenvalue weighted by molar-refractivity contribution is 0.108. The second kappa shape index (κ2) is 7.65. The predicted molar refractivity (Wildman–Crippen MR) is 79.6 cm³/mol. The maximum Gasteiger partial charge on any atom is 0.151 e. The Hall–Kier alpha value is -1.88. The van der Waals surface area contributed by atoms with Crippen LogP contribution in [0.3, 0.4) is 0 Å². The Labute approximate surface area is 125 Å². The van der Waals surface area contributed by atoms with Crippen molar-refractivity contribution < 1.29 is 14.0 Å². The molecule has 0 aliphatic carbocycles. The summed E-state index contributed by atoms with van der Waals surface area (Å²) in [5.41, 5.74) is 0.777. The van der Waals surface area contributed by atoms with Gasteiger partial charge in [-0.2, -0.15) is 0 Å². The van der Waals surface area contributed by atoms with Crippen molar-refractivity contribution >= 4 is 22.1 Å². The normalized spacial score (nSPS) is 10.7. The van der Waals surface area contributed by atoms with Crippen molar-refractivity contribution in [2.24, 2.45) is 5.16 Å². The van der Waals surface area contributed by atoms with Crippen molar-refractivity contribution in [2.45, 2.75) is 0 Å². The SMILES string of the molecule is Fc1ccc(/C=N/OCCOc2cccc(Br)c2)cc1. The second-order valence-electron chi connectivity index (χ2n) is 3.93. The van der Waals surface area contributed by atoms with Crippen LogP contribution in [0, 0.1) is 5.82 Å². The van der Waals surface area contributed by atoms with E-state index in [1.54, 1.807) is 12.1 Å². The standard InChI is InChI=1S/C15H13BrFNO2/c16-13-2-1-3-15(10-13)19-8-9-20-18-11-12-4-6-14(17)7-5-12/h1-7,10-11H,8-9H2/b18-11+. The number of hydrogen-bond acceptors (Lipinski definition) is 3. The van der Waals surface area contributed by atoms with Gasteiger partial charge in [0, 0.05) is 4.47 Å². The van der Waals surface area contributed by atoms with Crippen LogP contribution >= 0.6 is 15.9 Å². The zero-order valence-electron chi connectivity index (χ0n) is 10.6. The fraction of sp³-hybridized carbons (Fsp3) is 0.133. The van der Waals surface area contributed by atoms with E-state index in [1.165, 1.54) is 18.3 Å². The minimum atomic E-state index is -0.273. The summed E-state index contributed by atoms with van der Waals surface area (Å²) >= 11 is 3.37. The summed E-state index contributed by atoms with van der Waals surface area (Å²) in [6.45, 7) is 0.738. The number of ether oxygens (including phenoxy) is 1. The fourth-order valence-electron chi connectivity index (χ4n) is 1.45. The maximum absolute atomic E-state index is 12.7. The van der Waals surface area contributed by atoms with E-state index in [4.69, 9.17) is 9.57 Å². The summed E-state index contributed by atoms with van der Waals surface area (Å²) in [4.78, 5) is 5.06. The Balaban J connectivity index is 1.67. The van der Waals surface area contributed by atoms with E-state index < -0.39 is 0 Å². The summed E-state index contributed by atoms with van der Waals surface area (Å²) in [6, 6.07) is 13.6. The Morgan fingerprint density at radius 2 is 1.90 bits per heavy atom. The number of hydrogen-bond donors (Lipinski definition) is 0. The molecule has 0 spiro atoms. The third-order valence-electron chi connectivity index (χ3n) is 2.39. The summed E-state index contributed by atoms with van der Waals surface area (Å²) in [5, 5.41) is 3.78. The van der Waals surface area contributed by atoms with Gasteiger partial charge in [-0.1, -0.05) is 39.3 Å². The average molecular weight is 338 g/mol. The molecule has 3 nitrogen and oxygen atoms in total. The van der Waals surface area contributed by atoms with Gasteiger partial charge in [0.1, 0.15) is 18.2 Å². The first kappa shape index (κ1) is 14.5. The van der Waals surface area contributed by atoms with E-state index in [2.05, 4.69) is 21.1 Å². The van der Waals surface area contributed by atoms with Gasteiger partial charge in [0.05, 0.1) is 6.21 Å². The van der Waals surface area contributed by atoms with Gasteiger partial charge in [-0.25, -0.2) is 4.39 Å². The zero-order valence-corrected chi connectivity index (χ0v) is 12.2. The fourth-order valence-corrected chi connectivity index (χ4v) is 1.83. The number of rotatable bonds is 6. The van der Waals surface area contributed by atoms with Crippen LogP contribution < -0.4 is 4.74 Å². The molecule has 0 aliphatic rings. The molecule has 2 aromatic carbocycles. The van der Waals surface area contributed by atoms with E-state index in [1.807, 2.05) is 24.3 Å². The van der Waals surface area contributed by atoms with E-state index in [-0.39, 0.29) is 5.82 Å². The van der Waals surface area contributed by atoms with Gasteiger partial charge in [0.15, 0.2) is 6.61 Å². The van der Waals surface area contributed by atoms with Gasteiger partial charge in [0.25, 0.3) is 0 Å². The van der Waals surface area contributed by atoms with Crippen molar-refractivity contribution in [1.29, 1.82) is 0 Å². The number of benzene rings is 2. The minimum absolute atomic E-state index is 0.273. The molecule has 0 unspecified atom stereocenters. The van der Waals surface area contributed by atoms with Gasteiger partial charge in [-0.3, -0.25) is 0 Å². The maximum atomic E-state index is 12.7. The van der Waals surface area contributed by atoms with E-state index in [9.17, 15) is 4.39 Å². The van der Waals surface area contributed by atoms with Crippen LogP contribution in [-0.2, 0) is 4.84 Å². The molecule has 0 aliphatic heterocycles. The topological polar surface area (TPSA) is 30.8 Å². The molecule has 2 aromatic rings. The summed E-state index contributed by atoms with van der Waals surface area (Å²) in [6.07, 6.45) is 1.53. The third kappa shape index (κ3) is 5.01. The van der Waals surface area contributed by atoms with Crippen LogP contribution in [0.5, 0.6) is 5.75 Å². The van der Waals surface area contributed by atoms with Crippen LogP contribution in [0.2, 0.25) is 0 Å². The molecule has 0 heterocycles. The highest BCUT2D eigenvalue weighted by Crippen LogP contribution is 2.17. The van der Waals surface area contributed by atoms with Crippen molar-refractivity contribution in [2.75, 3.05) is 13.2 Å². The molecule has 0 N–H and O–H groups in total. The molecular weight excluding hydrogens is 325 g/mol. The highest BCUT2D eigenvalue weighted by atomic mass is 79.9. The van der Waals surface area contributed by atoms with Gasteiger partial charge in [-0.05, 0) is 35.9 Å². The van der Waals surface area contributed by atoms with Crippen LogP contribution in [0.15, 0.2) is 58.2 Å². The quantitative estimate of drug-likeness (QED) is 0.453. The molecule has 5 heteroatoms. The van der Waals surface area contributed by atoms with Crippen molar-refractivity contribution in [3.05, 3.63) is 64.4 Å². The first-order chi connectivity index (χ1) is 9.74. The largest absolute Gasteiger partial charge is 0.490 e. The Bertz CT molecular complexity index is 572. The number of oxime groups is 1. The lowest BCUT2D eigenvalue weighted by Crippen LogP contribution is -2.04. The molecular formula is C15H13BrFNO2. The first-order valence-corrected chi connectivity index (χ1v) is 6.82. The van der Waals surface area contributed by atoms with Crippen LogP contribution in [0.4, 0.5) is 4.39 Å². The number of nitrogens with zero attached hydrogens (tertiary/aromatic N) is 1. The number of halogens is 2. The molecule has 0 fully saturated rings. The lowest BCUT2D eigenvalue weighted by Gasteiger charge is -2.05. The molecule has 104 valence electrons. The van der Waals surface area contributed by atoms with Crippen molar-refractivity contribution in [3.63, 3.8) is 0 Å². The van der Waals surface area contributed by atoms with E-state index >= 15 is 0 Å². The molecule has 20 heavy (non-hydrogen) atoms. The van der Waals surface area contributed by atoms with Gasteiger partial charge in [0.2, 0.25) is 0 Å². The molecule has 0 radical (unpaired) electrons. The zero-order chi connectivity index (χ0) is 14.2.